The van der Waals surface area contributed by atoms with E-state index < -0.39 is 0 Å². The summed E-state index contributed by atoms with van der Waals surface area (Å²) in [6, 6.07) is 3.65. The highest BCUT2D eigenvalue weighted by molar-refractivity contribution is 5.94. The highest BCUT2D eigenvalue weighted by Gasteiger charge is 2.48. The number of piperidine rings is 1. The number of hydrogen-bond acceptors (Lipinski definition) is 5. The van der Waals surface area contributed by atoms with Crippen molar-refractivity contribution >= 4 is 5.91 Å². The van der Waals surface area contributed by atoms with E-state index in [0.717, 1.165) is 31.7 Å². The van der Waals surface area contributed by atoms with Gasteiger partial charge < -0.3 is 14.4 Å². The van der Waals surface area contributed by atoms with Crippen LogP contribution >= 0.6 is 0 Å². The van der Waals surface area contributed by atoms with Gasteiger partial charge in [0.25, 0.3) is 5.91 Å². The zero-order valence-corrected chi connectivity index (χ0v) is 14.3. The first-order chi connectivity index (χ1) is 12.2. The van der Waals surface area contributed by atoms with Crippen molar-refractivity contribution in [3.63, 3.8) is 0 Å². The molecule has 2 aliphatic rings. The highest BCUT2D eigenvalue weighted by atomic mass is 16.6. The summed E-state index contributed by atoms with van der Waals surface area (Å²) in [5.74, 6) is 0.733. The molecule has 0 N–H and O–H groups in total. The van der Waals surface area contributed by atoms with E-state index in [2.05, 4.69) is 9.97 Å². The minimum absolute atomic E-state index is 0.00545. The number of aromatic nitrogens is 3. The summed E-state index contributed by atoms with van der Waals surface area (Å²) in [6.45, 7) is 1.99. The van der Waals surface area contributed by atoms with Crippen LogP contribution in [0.25, 0.3) is 5.82 Å². The Bertz CT molecular complexity index is 723. The molecule has 0 aromatic carbocycles. The second-order valence-corrected chi connectivity index (χ2v) is 6.63. The lowest BCUT2D eigenvalue weighted by Gasteiger charge is -2.44. The molecular formula is C18H22N4O3. The molecule has 2 fully saturated rings. The molecule has 2 saturated heterocycles. The summed E-state index contributed by atoms with van der Waals surface area (Å²) in [6.07, 6.45) is 9.63. The summed E-state index contributed by atoms with van der Waals surface area (Å²) in [5.41, 5.74) is 0.236. The number of methoxy groups -OCH3 is 1. The average molecular weight is 342 g/mol. The monoisotopic (exact) mass is 342 g/mol. The van der Waals surface area contributed by atoms with Crippen LogP contribution in [-0.2, 0) is 9.47 Å². The van der Waals surface area contributed by atoms with E-state index in [-0.39, 0.29) is 17.6 Å². The van der Waals surface area contributed by atoms with Crippen molar-refractivity contribution in [3.8, 4) is 5.82 Å². The second kappa shape index (κ2) is 6.57. The van der Waals surface area contributed by atoms with Crippen LogP contribution in [0.4, 0.5) is 0 Å². The second-order valence-electron chi connectivity index (χ2n) is 6.63. The summed E-state index contributed by atoms with van der Waals surface area (Å²) in [7, 11) is 1.73. The largest absolute Gasteiger partial charge is 0.378 e. The van der Waals surface area contributed by atoms with Gasteiger partial charge in [-0.2, -0.15) is 0 Å². The van der Waals surface area contributed by atoms with E-state index in [9.17, 15) is 4.79 Å². The molecule has 0 aliphatic carbocycles. The zero-order chi connectivity index (χ0) is 17.3. The maximum Gasteiger partial charge on any atom is 0.255 e. The SMILES string of the molecule is CO[C@H]1CCN(C(=O)c2ccc(-n3ccnc3)nc2)C[C@@]12CCCO2. The quantitative estimate of drug-likeness (QED) is 0.849. The summed E-state index contributed by atoms with van der Waals surface area (Å²) >= 11 is 0. The molecule has 4 heterocycles. The molecule has 7 heteroatoms. The predicted octanol–water partition coefficient (Wildman–Crippen LogP) is 1.68. The van der Waals surface area contributed by atoms with Gasteiger partial charge in [0.1, 0.15) is 17.7 Å². The fourth-order valence-corrected chi connectivity index (χ4v) is 3.89. The van der Waals surface area contributed by atoms with Gasteiger partial charge in [0.05, 0.1) is 18.2 Å². The van der Waals surface area contributed by atoms with E-state index in [0.29, 0.717) is 18.7 Å². The van der Waals surface area contributed by atoms with Gasteiger partial charge in [-0.05, 0) is 31.4 Å². The lowest BCUT2D eigenvalue weighted by atomic mass is 9.86. The van der Waals surface area contributed by atoms with Crippen LogP contribution in [0.5, 0.6) is 0 Å². The standard InChI is InChI=1S/C18H22N4O3/c1-24-15-5-8-21(12-18(15)6-2-10-25-18)17(23)14-3-4-16(20-11-14)22-9-7-19-13-22/h3-4,7,9,11,13,15H,2,5-6,8,10,12H2,1H3/t15-,18-/m0/s1. The van der Waals surface area contributed by atoms with E-state index in [1.165, 1.54) is 0 Å². The van der Waals surface area contributed by atoms with Gasteiger partial charge in [0.15, 0.2) is 0 Å². The summed E-state index contributed by atoms with van der Waals surface area (Å²) in [4.78, 5) is 23.2. The van der Waals surface area contributed by atoms with Gasteiger partial charge in [0.2, 0.25) is 0 Å². The van der Waals surface area contributed by atoms with Crippen LogP contribution in [0.2, 0.25) is 0 Å². The zero-order valence-electron chi connectivity index (χ0n) is 14.3. The number of hydrogen-bond donors (Lipinski definition) is 0. The van der Waals surface area contributed by atoms with Gasteiger partial charge in [-0.3, -0.25) is 9.36 Å². The molecule has 2 aromatic rings. The Morgan fingerprint density at radius 2 is 2.36 bits per heavy atom. The maximum absolute atomic E-state index is 12.9. The van der Waals surface area contributed by atoms with Crippen molar-refractivity contribution in [2.45, 2.75) is 31.0 Å². The number of rotatable bonds is 3. The van der Waals surface area contributed by atoms with E-state index in [1.54, 1.807) is 30.4 Å². The first-order valence-electron chi connectivity index (χ1n) is 8.62. The maximum atomic E-state index is 12.9. The van der Waals surface area contributed by atoms with Crippen LogP contribution in [-0.4, -0.2) is 63.9 Å². The lowest BCUT2D eigenvalue weighted by molar-refractivity contribution is -0.137. The molecule has 25 heavy (non-hydrogen) atoms. The molecule has 1 spiro atoms. The molecule has 0 radical (unpaired) electrons. The van der Waals surface area contributed by atoms with Gasteiger partial charge in [-0.15, -0.1) is 0 Å². The normalized spacial score (nSPS) is 26.3. The summed E-state index contributed by atoms with van der Waals surface area (Å²) < 4.78 is 13.5. The van der Waals surface area contributed by atoms with Crippen LogP contribution in [0, 0.1) is 0 Å². The minimum Gasteiger partial charge on any atom is -0.378 e. The molecule has 2 aliphatic heterocycles. The lowest BCUT2D eigenvalue weighted by Crippen LogP contribution is -2.58. The van der Waals surface area contributed by atoms with Crippen molar-refractivity contribution in [3.05, 3.63) is 42.6 Å². The smallest absolute Gasteiger partial charge is 0.255 e. The first-order valence-corrected chi connectivity index (χ1v) is 8.62. The van der Waals surface area contributed by atoms with Gasteiger partial charge in [-0.1, -0.05) is 0 Å². The van der Waals surface area contributed by atoms with Crippen molar-refractivity contribution < 1.29 is 14.3 Å². The number of pyridine rings is 1. The molecule has 7 nitrogen and oxygen atoms in total. The van der Waals surface area contributed by atoms with Crippen LogP contribution in [0.3, 0.4) is 0 Å². The van der Waals surface area contributed by atoms with Crippen molar-refractivity contribution in [1.82, 2.24) is 19.4 Å². The third-order valence-corrected chi connectivity index (χ3v) is 5.18. The molecule has 0 bridgehead atoms. The molecule has 1 amide bonds. The fourth-order valence-electron chi connectivity index (χ4n) is 3.89. The van der Waals surface area contributed by atoms with Gasteiger partial charge >= 0.3 is 0 Å². The Balaban J connectivity index is 1.51. The number of carbonyl (C=O) groups excluding carboxylic acids is 1. The number of ether oxygens (including phenoxy) is 2. The Morgan fingerprint density at radius 1 is 1.44 bits per heavy atom. The number of carbonyl (C=O) groups is 1. The molecule has 2 aromatic heterocycles. The molecule has 0 unspecified atom stereocenters. The fraction of sp³-hybridized carbons (Fsp3) is 0.500. The molecule has 2 atom stereocenters. The van der Waals surface area contributed by atoms with Crippen LogP contribution in [0.1, 0.15) is 29.6 Å². The number of imidazole rings is 1. The van der Waals surface area contributed by atoms with E-state index >= 15 is 0 Å². The number of amides is 1. The van der Waals surface area contributed by atoms with Crippen LogP contribution < -0.4 is 0 Å². The van der Waals surface area contributed by atoms with Crippen molar-refractivity contribution in [1.29, 1.82) is 0 Å². The minimum atomic E-state index is -0.354. The van der Waals surface area contributed by atoms with Crippen LogP contribution in [0.15, 0.2) is 37.1 Å². The average Bonchev–Trinajstić information content (AvgIpc) is 3.34. The molecule has 0 saturated carbocycles. The van der Waals surface area contributed by atoms with Gasteiger partial charge in [0, 0.05) is 38.9 Å². The number of likely N-dealkylation sites (tertiary alicyclic amines) is 1. The Kier molecular flexibility index (Phi) is 4.27. The first kappa shape index (κ1) is 16.2. The van der Waals surface area contributed by atoms with E-state index in [4.69, 9.17) is 9.47 Å². The Morgan fingerprint density at radius 3 is 3.00 bits per heavy atom. The molecule has 4 rings (SSSR count). The topological polar surface area (TPSA) is 69.5 Å². The van der Waals surface area contributed by atoms with Gasteiger partial charge in [-0.25, -0.2) is 9.97 Å². The Labute approximate surface area is 146 Å². The third-order valence-electron chi connectivity index (χ3n) is 5.18. The third kappa shape index (κ3) is 2.94. The molecule has 132 valence electrons. The summed E-state index contributed by atoms with van der Waals surface area (Å²) in [5, 5.41) is 0. The highest BCUT2D eigenvalue weighted by Crippen LogP contribution is 2.36. The predicted molar refractivity (Wildman–Crippen MR) is 90.6 cm³/mol. The number of nitrogens with zero attached hydrogens (tertiary/aromatic N) is 4. The Hall–Kier alpha value is -2.25. The van der Waals surface area contributed by atoms with Crippen molar-refractivity contribution in [2.24, 2.45) is 0 Å². The molecular weight excluding hydrogens is 320 g/mol. The van der Waals surface area contributed by atoms with E-state index in [1.807, 2.05) is 23.2 Å². The van der Waals surface area contributed by atoms with Crippen molar-refractivity contribution in [2.75, 3.05) is 26.8 Å².